The summed E-state index contributed by atoms with van der Waals surface area (Å²) in [5, 5.41) is 0. The molecule has 0 bridgehead atoms. The van der Waals surface area contributed by atoms with Gasteiger partial charge in [0.2, 0.25) is 5.91 Å². The van der Waals surface area contributed by atoms with Crippen molar-refractivity contribution in [3.8, 4) is 0 Å². The molecule has 5 heteroatoms. The molecular weight excluding hydrogens is 256 g/mol. The number of amides is 1. The Kier molecular flexibility index (Phi) is 6.18. The number of carbonyl (C=O) groups is 2. The molecule has 2 N–H and O–H groups in total. The molecule has 0 radical (unpaired) electrons. The van der Waals surface area contributed by atoms with E-state index in [1.807, 2.05) is 37.3 Å². The minimum atomic E-state index is -0.655. The topological polar surface area (TPSA) is 72.6 Å². The van der Waals surface area contributed by atoms with Crippen molar-refractivity contribution in [2.24, 2.45) is 5.73 Å². The number of carbonyl (C=O) groups excluding carboxylic acids is 2. The lowest BCUT2D eigenvalue weighted by atomic mass is 10.1. The molecule has 1 rings (SSSR count). The summed E-state index contributed by atoms with van der Waals surface area (Å²) < 4.78 is 4.78. The first-order chi connectivity index (χ1) is 9.51. The van der Waals surface area contributed by atoms with Crippen molar-refractivity contribution in [3.05, 3.63) is 35.9 Å². The summed E-state index contributed by atoms with van der Waals surface area (Å²) >= 11 is 0. The van der Waals surface area contributed by atoms with Crippen LogP contribution < -0.4 is 5.73 Å². The molecule has 0 saturated heterocycles. The quantitative estimate of drug-likeness (QED) is 0.796. The van der Waals surface area contributed by atoms with Crippen molar-refractivity contribution in [1.29, 1.82) is 0 Å². The van der Waals surface area contributed by atoms with Crippen molar-refractivity contribution in [2.45, 2.75) is 38.9 Å². The fourth-order valence-electron chi connectivity index (χ4n) is 2.03. The molecule has 0 heterocycles. The molecule has 0 aromatic heterocycles. The first-order valence-electron chi connectivity index (χ1n) is 6.69. The number of rotatable bonds is 6. The van der Waals surface area contributed by atoms with Gasteiger partial charge in [0.1, 0.15) is 6.04 Å². The van der Waals surface area contributed by atoms with E-state index in [4.69, 9.17) is 10.5 Å². The Balaban J connectivity index is 3.01. The van der Waals surface area contributed by atoms with Crippen molar-refractivity contribution in [2.75, 3.05) is 7.11 Å². The van der Waals surface area contributed by atoms with Gasteiger partial charge < -0.3 is 15.4 Å². The third-order valence-electron chi connectivity index (χ3n) is 3.10. The molecule has 0 saturated carbocycles. The fraction of sp³-hybridized carbons (Fsp3) is 0.467. The van der Waals surface area contributed by atoms with Gasteiger partial charge in [-0.3, -0.25) is 4.79 Å². The molecule has 0 aliphatic heterocycles. The number of hydrogen-bond acceptors (Lipinski definition) is 4. The second-order valence-corrected chi connectivity index (χ2v) is 4.69. The van der Waals surface area contributed by atoms with E-state index >= 15 is 0 Å². The van der Waals surface area contributed by atoms with E-state index in [2.05, 4.69) is 0 Å². The van der Waals surface area contributed by atoms with Gasteiger partial charge in [-0.15, -0.1) is 0 Å². The van der Waals surface area contributed by atoms with Crippen molar-refractivity contribution >= 4 is 11.9 Å². The van der Waals surface area contributed by atoms with Gasteiger partial charge >= 0.3 is 5.97 Å². The van der Waals surface area contributed by atoms with E-state index in [1.54, 1.807) is 6.92 Å². The highest BCUT2D eigenvalue weighted by Crippen LogP contribution is 2.13. The SMILES string of the molecule is CCC(C(=O)OC)N(Cc1ccccc1)C(=O)C(C)N. The first kappa shape index (κ1) is 16.2. The minimum Gasteiger partial charge on any atom is -0.467 e. The second-order valence-electron chi connectivity index (χ2n) is 4.69. The summed E-state index contributed by atoms with van der Waals surface area (Å²) in [6.07, 6.45) is 0.484. The summed E-state index contributed by atoms with van der Waals surface area (Å²) in [5.74, 6) is -0.677. The molecular formula is C15H22N2O3. The highest BCUT2D eigenvalue weighted by atomic mass is 16.5. The molecule has 0 fully saturated rings. The summed E-state index contributed by atoms with van der Waals surface area (Å²) in [6, 6.07) is 8.23. The van der Waals surface area contributed by atoms with Crippen LogP contribution in [0.5, 0.6) is 0 Å². The number of nitrogens with two attached hydrogens (primary N) is 1. The zero-order chi connectivity index (χ0) is 15.1. The Labute approximate surface area is 119 Å². The molecule has 1 amide bonds. The molecule has 2 unspecified atom stereocenters. The molecule has 0 aliphatic rings. The number of benzene rings is 1. The van der Waals surface area contributed by atoms with Crippen LogP contribution in [0.15, 0.2) is 30.3 Å². The third-order valence-corrected chi connectivity index (χ3v) is 3.10. The first-order valence-corrected chi connectivity index (χ1v) is 6.69. The number of ether oxygens (including phenoxy) is 1. The van der Waals surface area contributed by atoms with E-state index in [0.29, 0.717) is 13.0 Å². The molecule has 110 valence electrons. The van der Waals surface area contributed by atoms with Crippen LogP contribution in [-0.4, -0.2) is 36.0 Å². The Morgan fingerprint density at radius 1 is 1.30 bits per heavy atom. The molecule has 20 heavy (non-hydrogen) atoms. The van der Waals surface area contributed by atoms with Crippen LogP contribution in [-0.2, 0) is 20.9 Å². The van der Waals surface area contributed by atoms with Gasteiger partial charge in [0.05, 0.1) is 13.2 Å². The summed E-state index contributed by atoms with van der Waals surface area (Å²) in [4.78, 5) is 25.6. The van der Waals surface area contributed by atoms with E-state index < -0.39 is 18.1 Å². The fourth-order valence-corrected chi connectivity index (χ4v) is 2.03. The Bertz CT molecular complexity index is 446. The largest absolute Gasteiger partial charge is 0.467 e. The average Bonchev–Trinajstić information content (AvgIpc) is 2.46. The molecule has 5 nitrogen and oxygen atoms in total. The lowest BCUT2D eigenvalue weighted by molar-refractivity contribution is -0.154. The Hall–Kier alpha value is -1.88. The van der Waals surface area contributed by atoms with Crippen LogP contribution in [0, 0.1) is 0 Å². The van der Waals surface area contributed by atoms with Crippen LogP contribution in [0.1, 0.15) is 25.8 Å². The normalized spacial score (nSPS) is 13.4. The molecule has 1 aromatic rings. The number of esters is 1. The van der Waals surface area contributed by atoms with Crippen molar-refractivity contribution < 1.29 is 14.3 Å². The summed E-state index contributed by atoms with van der Waals surface area (Å²) in [6.45, 7) is 3.80. The maximum absolute atomic E-state index is 12.3. The van der Waals surface area contributed by atoms with E-state index in [9.17, 15) is 9.59 Å². The second kappa shape index (κ2) is 7.65. The Morgan fingerprint density at radius 3 is 2.35 bits per heavy atom. The average molecular weight is 278 g/mol. The van der Waals surface area contributed by atoms with Gasteiger partial charge in [-0.25, -0.2) is 4.79 Å². The number of hydrogen-bond donors (Lipinski definition) is 1. The van der Waals surface area contributed by atoms with Crippen LogP contribution in [0.25, 0.3) is 0 Å². The predicted molar refractivity (Wildman–Crippen MR) is 76.7 cm³/mol. The van der Waals surface area contributed by atoms with Crippen LogP contribution >= 0.6 is 0 Å². The van der Waals surface area contributed by atoms with Crippen molar-refractivity contribution in [1.82, 2.24) is 4.90 Å². The smallest absolute Gasteiger partial charge is 0.328 e. The zero-order valence-electron chi connectivity index (χ0n) is 12.2. The van der Waals surface area contributed by atoms with E-state index in [0.717, 1.165) is 5.56 Å². The third kappa shape index (κ3) is 4.06. The zero-order valence-corrected chi connectivity index (χ0v) is 12.2. The highest BCUT2D eigenvalue weighted by Gasteiger charge is 2.30. The summed E-state index contributed by atoms with van der Waals surface area (Å²) in [5.41, 5.74) is 6.63. The maximum atomic E-state index is 12.3. The Morgan fingerprint density at radius 2 is 1.90 bits per heavy atom. The van der Waals surface area contributed by atoms with Gasteiger partial charge in [0.25, 0.3) is 0 Å². The van der Waals surface area contributed by atoms with Crippen LogP contribution in [0.2, 0.25) is 0 Å². The monoisotopic (exact) mass is 278 g/mol. The molecule has 0 aliphatic carbocycles. The van der Waals surface area contributed by atoms with Gasteiger partial charge in [0, 0.05) is 6.54 Å². The number of nitrogens with zero attached hydrogens (tertiary/aromatic N) is 1. The van der Waals surface area contributed by atoms with E-state index in [1.165, 1.54) is 12.0 Å². The molecule has 1 aromatic carbocycles. The van der Waals surface area contributed by atoms with Crippen LogP contribution in [0.4, 0.5) is 0 Å². The standard InChI is InChI=1S/C15H22N2O3/c1-4-13(15(19)20-3)17(14(18)11(2)16)10-12-8-6-5-7-9-12/h5-9,11,13H,4,10,16H2,1-3H3. The number of methoxy groups -OCH3 is 1. The summed E-state index contributed by atoms with van der Waals surface area (Å²) in [7, 11) is 1.32. The molecule has 2 atom stereocenters. The van der Waals surface area contributed by atoms with Gasteiger partial charge in [0.15, 0.2) is 0 Å². The van der Waals surface area contributed by atoms with Crippen molar-refractivity contribution in [3.63, 3.8) is 0 Å². The highest BCUT2D eigenvalue weighted by molar-refractivity contribution is 5.87. The predicted octanol–water partition coefficient (Wildman–Crippen LogP) is 1.31. The van der Waals surface area contributed by atoms with Gasteiger partial charge in [-0.05, 0) is 18.9 Å². The van der Waals surface area contributed by atoms with Gasteiger partial charge in [-0.2, -0.15) is 0 Å². The lowest BCUT2D eigenvalue weighted by Crippen LogP contribution is -2.50. The van der Waals surface area contributed by atoms with Crippen LogP contribution in [0.3, 0.4) is 0 Å². The van der Waals surface area contributed by atoms with Gasteiger partial charge in [-0.1, -0.05) is 37.3 Å². The maximum Gasteiger partial charge on any atom is 0.328 e. The van der Waals surface area contributed by atoms with E-state index in [-0.39, 0.29) is 5.91 Å². The minimum absolute atomic E-state index is 0.258. The molecule has 0 spiro atoms. The lowest BCUT2D eigenvalue weighted by Gasteiger charge is -2.30.